The van der Waals surface area contributed by atoms with Crippen molar-refractivity contribution in [1.29, 1.82) is 0 Å². The molecule has 4 rings (SSSR count). The van der Waals surface area contributed by atoms with Gasteiger partial charge in [-0.2, -0.15) is 0 Å². The van der Waals surface area contributed by atoms with Crippen LogP contribution in [-0.4, -0.2) is 18.4 Å². The Morgan fingerprint density at radius 2 is 1.62 bits per heavy atom. The topological polar surface area (TPSA) is 58.2 Å². The van der Waals surface area contributed by atoms with Gasteiger partial charge in [-0.25, -0.2) is 0 Å². The summed E-state index contributed by atoms with van der Waals surface area (Å²) in [7, 11) is 0. The first-order chi connectivity index (χ1) is 12.7. The Hall–Kier alpha value is -3.40. The predicted molar refractivity (Wildman–Crippen MR) is 102 cm³/mol. The van der Waals surface area contributed by atoms with Crippen LogP contribution in [0.4, 0.5) is 5.69 Å². The summed E-state index contributed by atoms with van der Waals surface area (Å²) in [6, 6.07) is 23.0. The van der Waals surface area contributed by atoms with Crippen LogP contribution in [0.3, 0.4) is 0 Å². The van der Waals surface area contributed by atoms with Crippen LogP contribution in [0.5, 0.6) is 0 Å². The number of amides is 2. The van der Waals surface area contributed by atoms with Crippen LogP contribution in [-0.2, 0) is 6.42 Å². The van der Waals surface area contributed by atoms with Gasteiger partial charge in [0, 0.05) is 23.4 Å². The molecule has 1 aliphatic heterocycles. The van der Waals surface area contributed by atoms with Crippen LogP contribution < -0.4 is 10.6 Å². The van der Waals surface area contributed by atoms with Crippen molar-refractivity contribution in [3.63, 3.8) is 0 Å². The van der Waals surface area contributed by atoms with E-state index >= 15 is 0 Å². The molecule has 0 radical (unpaired) electrons. The zero-order valence-corrected chi connectivity index (χ0v) is 14.2. The number of hydrogen-bond donors (Lipinski definition) is 2. The number of hydrogen-bond acceptors (Lipinski definition) is 2. The molecule has 0 saturated heterocycles. The van der Waals surface area contributed by atoms with E-state index < -0.39 is 0 Å². The lowest BCUT2D eigenvalue weighted by Gasteiger charge is -2.17. The third-order valence-corrected chi connectivity index (χ3v) is 4.55. The molecule has 1 aliphatic rings. The first-order valence-corrected chi connectivity index (χ1v) is 8.59. The van der Waals surface area contributed by atoms with Crippen LogP contribution in [0, 0.1) is 0 Å². The largest absolute Gasteiger partial charge is 0.352 e. The Labute approximate surface area is 151 Å². The summed E-state index contributed by atoms with van der Waals surface area (Å²) in [4.78, 5) is 24.4. The summed E-state index contributed by atoms with van der Waals surface area (Å²) in [5.41, 5.74) is 5.02. The Balaban J connectivity index is 1.52. The van der Waals surface area contributed by atoms with E-state index in [0.717, 1.165) is 23.1 Å². The molecular weight excluding hydrogens is 324 g/mol. The van der Waals surface area contributed by atoms with Gasteiger partial charge in [-0.05, 0) is 47.4 Å². The monoisotopic (exact) mass is 342 g/mol. The molecule has 1 heterocycles. The van der Waals surface area contributed by atoms with Crippen molar-refractivity contribution in [2.24, 2.45) is 0 Å². The summed E-state index contributed by atoms with van der Waals surface area (Å²) in [5.74, 6) is -0.282. The maximum atomic E-state index is 12.5. The van der Waals surface area contributed by atoms with Gasteiger partial charge in [0.25, 0.3) is 11.8 Å². The highest BCUT2D eigenvalue weighted by molar-refractivity contribution is 6.05. The Kier molecular flexibility index (Phi) is 4.23. The van der Waals surface area contributed by atoms with Gasteiger partial charge in [0.15, 0.2) is 0 Å². The van der Waals surface area contributed by atoms with E-state index in [1.54, 1.807) is 6.07 Å². The minimum atomic E-state index is -0.194. The fraction of sp³-hybridized carbons (Fsp3) is 0.0909. The van der Waals surface area contributed by atoms with E-state index in [2.05, 4.69) is 10.6 Å². The van der Waals surface area contributed by atoms with E-state index in [0.29, 0.717) is 23.4 Å². The number of rotatable bonds is 3. The van der Waals surface area contributed by atoms with Crippen molar-refractivity contribution >= 4 is 17.5 Å². The standard InChI is InChI=1S/C22H18N2O2/c25-21(18-8-6-16(7-9-18)15-4-2-1-3-5-15)24-19-11-10-17-12-13-23-22(26)20(17)14-19/h1-11,14H,12-13H2,(H,23,26)(H,24,25). The average Bonchev–Trinajstić information content (AvgIpc) is 2.69. The van der Waals surface area contributed by atoms with E-state index in [1.165, 1.54) is 0 Å². The van der Waals surface area contributed by atoms with Gasteiger partial charge in [-0.3, -0.25) is 9.59 Å². The van der Waals surface area contributed by atoms with E-state index in [1.807, 2.05) is 66.7 Å². The predicted octanol–water partition coefficient (Wildman–Crippen LogP) is 3.89. The average molecular weight is 342 g/mol. The lowest BCUT2D eigenvalue weighted by atomic mass is 9.99. The highest BCUT2D eigenvalue weighted by Gasteiger charge is 2.17. The normalized spacial score (nSPS) is 12.8. The summed E-state index contributed by atoms with van der Waals surface area (Å²) in [6.45, 7) is 0.658. The zero-order chi connectivity index (χ0) is 17.9. The lowest BCUT2D eigenvalue weighted by Crippen LogP contribution is -2.31. The van der Waals surface area contributed by atoms with Crippen LogP contribution >= 0.6 is 0 Å². The molecule has 2 amide bonds. The quantitative estimate of drug-likeness (QED) is 0.759. The smallest absolute Gasteiger partial charge is 0.255 e. The number of anilines is 1. The second kappa shape index (κ2) is 6.84. The molecule has 3 aromatic carbocycles. The Bertz CT molecular complexity index is 963. The number of fused-ring (bicyclic) bond motifs is 1. The summed E-state index contributed by atoms with van der Waals surface area (Å²) < 4.78 is 0. The van der Waals surface area contributed by atoms with Crippen LogP contribution in [0.25, 0.3) is 11.1 Å². The lowest BCUT2D eigenvalue weighted by molar-refractivity contribution is 0.0944. The molecule has 0 spiro atoms. The van der Waals surface area contributed by atoms with E-state index in [9.17, 15) is 9.59 Å². The molecule has 4 nitrogen and oxygen atoms in total. The molecule has 128 valence electrons. The molecule has 0 saturated carbocycles. The number of nitrogens with one attached hydrogen (secondary N) is 2. The maximum Gasteiger partial charge on any atom is 0.255 e. The van der Waals surface area contributed by atoms with Crippen LogP contribution in [0.2, 0.25) is 0 Å². The number of carbonyl (C=O) groups is 2. The molecule has 0 aromatic heterocycles. The Morgan fingerprint density at radius 1 is 0.885 bits per heavy atom. The van der Waals surface area contributed by atoms with Crippen molar-refractivity contribution in [1.82, 2.24) is 5.32 Å². The molecule has 2 N–H and O–H groups in total. The van der Waals surface area contributed by atoms with Gasteiger partial charge >= 0.3 is 0 Å². The van der Waals surface area contributed by atoms with Gasteiger partial charge in [-0.15, -0.1) is 0 Å². The highest BCUT2D eigenvalue weighted by atomic mass is 16.2. The number of benzene rings is 3. The van der Waals surface area contributed by atoms with Crippen LogP contribution in [0.15, 0.2) is 72.8 Å². The first-order valence-electron chi connectivity index (χ1n) is 8.59. The summed E-state index contributed by atoms with van der Waals surface area (Å²) in [6.07, 6.45) is 0.816. The van der Waals surface area contributed by atoms with Crippen molar-refractivity contribution < 1.29 is 9.59 Å². The summed E-state index contributed by atoms with van der Waals surface area (Å²) >= 11 is 0. The molecule has 26 heavy (non-hydrogen) atoms. The summed E-state index contributed by atoms with van der Waals surface area (Å²) in [5, 5.41) is 5.69. The Morgan fingerprint density at radius 3 is 2.38 bits per heavy atom. The minimum Gasteiger partial charge on any atom is -0.352 e. The fourth-order valence-electron chi connectivity index (χ4n) is 3.14. The molecule has 4 heteroatoms. The second-order valence-electron chi connectivity index (χ2n) is 6.28. The van der Waals surface area contributed by atoms with Crippen molar-refractivity contribution in [2.75, 3.05) is 11.9 Å². The van der Waals surface area contributed by atoms with Crippen molar-refractivity contribution in [2.45, 2.75) is 6.42 Å². The SMILES string of the molecule is O=C(Nc1ccc2c(c1)C(=O)NCC2)c1ccc(-c2ccccc2)cc1. The molecule has 3 aromatic rings. The van der Waals surface area contributed by atoms with Gasteiger partial charge in [0.2, 0.25) is 0 Å². The van der Waals surface area contributed by atoms with Crippen molar-refractivity contribution in [3.05, 3.63) is 89.5 Å². The molecule has 0 unspecified atom stereocenters. The van der Waals surface area contributed by atoms with Gasteiger partial charge in [-0.1, -0.05) is 48.5 Å². The fourth-order valence-corrected chi connectivity index (χ4v) is 3.14. The molecule has 0 fully saturated rings. The van der Waals surface area contributed by atoms with E-state index in [-0.39, 0.29) is 11.8 Å². The van der Waals surface area contributed by atoms with Crippen molar-refractivity contribution in [3.8, 4) is 11.1 Å². The van der Waals surface area contributed by atoms with Gasteiger partial charge < -0.3 is 10.6 Å². The molecular formula is C22H18N2O2. The minimum absolute atomic E-state index is 0.0884. The third-order valence-electron chi connectivity index (χ3n) is 4.55. The maximum absolute atomic E-state index is 12.5. The second-order valence-corrected chi connectivity index (χ2v) is 6.28. The molecule has 0 atom stereocenters. The van der Waals surface area contributed by atoms with Gasteiger partial charge in [0.05, 0.1) is 0 Å². The van der Waals surface area contributed by atoms with Crippen LogP contribution in [0.1, 0.15) is 26.3 Å². The zero-order valence-electron chi connectivity index (χ0n) is 14.2. The first kappa shape index (κ1) is 16.1. The van der Waals surface area contributed by atoms with E-state index in [4.69, 9.17) is 0 Å². The molecule has 0 bridgehead atoms. The van der Waals surface area contributed by atoms with Gasteiger partial charge in [0.1, 0.15) is 0 Å². The molecule has 0 aliphatic carbocycles. The third kappa shape index (κ3) is 3.22. The number of carbonyl (C=O) groups excluding carboxylic acids is 2. The highest BCUT2D eigenvalue weighted by Crippen LogP contribution is 2.21.